The molecule has 90 valence electrons. The van der Waals surface area contributed by atoms with E-state index in [1.165, 1.54) is 16.0 Å². The van der Waals surface area contributed by atoms with E-state index in [-0.39, 0.29) is 6.04 Å². The Kier molecular flexibility index (Phi) is 3.92. The van der Waals surface area contributed by atoms with Crippen molar-refractivity contribution in [2.45, 2.75) is 26.8 Å². The van der Waals surface area contributed by atoms with Crippen molar-refractivity contribution in [2.75, 3.05) is 6.54 Å². The van der Waals surface area contributed by atoms with E-state index in [2.05, 4.69) is 48.6 Å². The van der Waals surface area contributed by atoms with Crippen LogP contribution in [-0.2, 0) is 0 Å². The minimum Gasteiger partial charge on any atom is -0.305 e. The number of aromatic nitrogens is 1. The molecule has 0 saturated carbocycles. The molecule has 0 aliphatic rings. The lowest BCUT2D eigenvalue weighted by atomic mass is 10.0. The van der Waals surface area contributed by atoms with Gasteiger partial charge in [-0.1, -0.05) is 6.92 Å². The van der Waals surface area contributed by atoms with Gasteiger partial charge >= 0.3 is 0 Å². The third-order valence-electron chi connectivity index (χ3n) is 2.85. The van der Waals surface area contributed by atoms with Gasteiger partial charge < -0.3 is 5.32 Å². The molecule has 0 aliphatic carbocycles. The molecule has 0 radical (unpaired) electrons. The van der Waals surface area contributed by atoms with E-state index in [0.717, 1.165) is 12.2 Å². The topological polar surface area (TPSA) is 24.9 Å². The average Bonchev–Trinajstić information content (AvgIpc) is 2.72. The average molecular weight is 246 g/mol. The second kappa shape index (κ2) is 5.43. The minimum absolute atomic E-state index is 0.214. The Morgan fingerprint density at radius 3 is 2.76 bits per heavy atom. The largest absolute Gasteiger partial charge is 0.305 e. The number of aryl methyl sites for hydroxylation is 2. The first-order valence-electron chi connectivity index (χ1n) is 5.92. The number of thiophene rings is 1. The van der Waals surface area contributed by atoms with Crippen LogP contribution in [0, 0.1) is 13.8 Å². The van der Waals surface area contributed by atoms with Gasteiger partial charge in [-0.2, -0.15) is 0 Å². The predicted octanol–water partition coefficient (Wildman–Crippen LogP) is 3.46. The number of pyridine rings is 1. The Morgan fingerprint density at radius 1 is 1.35 bits per heavy atom. The second-order valence-corrected chi connectivity index (χ2v) is 5.30. The first-order valence-corrected chi connectivity index (χ1v) is 6.80. The minimum atomic E-state index is 0.214. The number of rotatable bonds is 4. The number of nitrogens with one attached hydrogen (secondary N) is 1. The Bertz CT molecular complexity index is 490. The zero-order valence-electron chi connectivity index (χ0n) is 10.5. The van der Waals surface area contributed by atoms with Crippen molar-refractivity contribution in [1.82, 2.24) is 10.3 Å². The van der Waals surface area contributed by atoms with Crippen LogP contribution < -0.4 is 5.32 Å². The lowest BCUT2D eigenvalue weighted by molar-refractivity contribution is 0.614. The van der Waals surface area contributed by atoms with Crippen LogP contribution in [0.15, 0.2) is 29.8 Å². The molecule has 2 aromatic heterocycles. The van der Waals surface area contributed by atoms with Crippen LogP contribution in [-0.4, -0.2) is 11.5 Å². The van der Waals surface area contributed by atoms with Crippen molar-refractivity contribution >= 4 is 11.3 Å². The molecule has 0 fully saturated rings. The molecule has 3 heteroatoms. The number of hydrogen-bond donors (Lipinski definition) is 1. The van der Waals surface area contributed by atoms with Crippen LogP contribution in [0.2, 0.25) is 0 Å². The van der Waals surface area contributed by atoms with Gasteiger partial charge in [-0.25, -0.2) is 0 Å². The molecule has 2 aromatic rings. The quantitative estimate of drug-likeness (QED) is 0.893. The molecule has 0 amide bonds. The fraction of sp³-hybridized carbons (Fsp3) is 0.357. The van der Waals surface area contributed by atoms with Crippen molar-refractivity contribution in [1.29, 1.82) is 0 Å². The van der Waals surface area contributed by atoms with Gasteiger partial charge in [-0.3, -0.25) is 4.98 Å². The molecule has 0 spiro atoms. The van der Waals surface area contributed by atoms with E-state index in [0.29, 0.717) is 0 Å². The third kappa shape index (κ3) is 2.73. The first kappa shape index (κ1) is 12.3. The molecule has 0 aliphatic heterocycles. The fourth-order valence-corrected chi connectivity index (χ4v) is 2.73. The molecule has 0 bridgehead atoms. The monoisotopic (exact) mass is 246 g/mol. The van der Waals surface area contributed by atoms with Crippen LogP contribution in [0.1, 0.15) is 34.7 Å². The molecule has 0 saturated heterocycles. The van der Waals surface area contributed by atoms with Crippen molar-refractivity contribution in [3.05, 3.63) is 51.5 Å². The maximum Gasteiger partial charge on any atom is 0.0762 e. The highest BCUT2D eigenvalue weighted by atomic mass is 32.1. The van der Waals surface area contributed by atoms with E-state index in [9.17, 15) is 0 Å². The summed E-state index contributed by atoms with van der Waals surface area (Å²) in [5, 5.41) is 5.66. The summed E-state index contributed by atoms with van der Waals surface area (Å²) in [4.78, 5) is 5.86. The summed E-state index contributed by atoms with van der Waals surface area (Å²) in [7, 11) is 0. The second-order valence-electron chi connectivity index (χ2n) is 4.18. The summed E-state index contributed by atoms with van der Waals surface area (Å²) in [5.41, 5.74) is 3.70. The summed E-state index contributed by atoms with van der Waals surface area (Å²) in [5.74, 6) is 0. The highest BCUT2D eigenvalue weighted by Gasteiger charge is 2.17. The van der Waals surface area contributed by atoms with Gasteiger partial charge in [-0.05, 0) is 55.1 Å². The number of nitrogens with zero attached hydrogens (tertiary/aromatic N) is 1. The van der Waals surface area contributed by atoms with E-state index >= 15 is 0 Å². The van der Waals surface area contributed by atoms with E-state index in [1.807, 2.05) is 12.3 Å². The van der Waals surface area contributed by atoms with Crippen LogP contribution in [0.5, 0.6) is 0 Å². The maximum absolute atomic E-state index is 4.50. The van der Waals surface area contributed by atoms with Gasteiger partial charge in [-0.15, -0.1) is 11.3 Å². The number of hydrogen-bond acceptors (Lipinski definition) is 3. The summed E-state index contributed by atoms with van der Waals surface area (Å²) < 4.78 is 0. The maximum atomic E-state index is 4.50. The van der Waals surface area contributed by atoms with Crippen molar-refractivity contribution in [3.8, 4) is 0 Å². The van der Waals surface area contributed by atoms with Gasteiger partial charge in [0.25, 0.3) is 0 Å². The van der Waals surface area contributed by atoms with Crippen molar-refractivity contribution in [2.24, 2.45) is 0 Å². The summed E-state index contributed by atoms with van der Waals surface area (Å²) >= 11 is 1.79. The van der Waals surface area contributed by atoms with Crippen molar-refractivity contribution < 1.29 is 0 Å². The Balaban J connectivity index is 2.39. The summed E-state index contributed by atoms with van der Waals surface area (Å²) in [6.45, 7) is 7.34. The van der Waals surface area contributed by atoms with Crippen LogP contribution in [0.3, 0.4) is 0 Å². The zero-order chi connectivity index (χ0) is 12.3. The van der Waals surface area contributed by atoms with Gasteiger partial charge in [0, 0.05) is 11.1 Å². The molecule has 1 N–H and O–H groups in total. The van der Waals surface area contributed by atoms with Gasteiger partial charge in [0.2, 0.25) is 0 Å². The summed E-state index contributed by atoms with van der Waals surface area (Å²) in [6.07, 6.45) is 1.89. The molecular formula is C14H18N2S. The molecular weight excluding hydrogens is 228 g/mol. The normalized spacial score (nSPS) is 12.6. The third-order valence-corrected chi connectivity index (χ3v) is 3.71. The highest BCUT2D eigenvalue weighted by molar-refractivity contribution is 7.10. The van der Waals surface area contributed by atoms with Gasteiger partial charge in [0.05, 0.1) is 11.7 Å². The Hall–Kier alpha value is -1.19. The summed E-state index contributed by atoms with van der Waals surface area (Å²) in [6, 6.07) is 6.60. The molecule has 1 atom stereocenters. The molecule has 0 aromatic carbocycles. The highest BCUT2D eigenvalue weighted by Crippen LogP contribution is 2.27. The molecule has 2 rings (SSSR count). The van der Waals surface area contributed by atoms with Crippen molar-refractivity contribution in [3.63, 3.8) is 0 Å². The van der Waals surface area contributed by atoms with Gasteiger partial charge in [0.15, 0.2) is 0 Å². The van der Waals surface area contributed by atoms with Crippen LogP contribution >= 0.6 is 11.3 Å². The smallest absolute Gasteiger partial charge is 0.0762 e. The van der Waals surface area contributed by atoms with E-state index < -0.39 is 0 Å². The Labute approximate surface area is 107 Å². The molecule has 2 heterocycles. The SMILES string of the molecule is CCNC(c1cc(C)ccn1)c1ccsc1C. The molecule has 2 nitrogen and oxygen atoms in total. The Morgan fingerprint density at radius 2 is 2.18 bits per heavy atom. The lowest BCUT2D eigenvalue weighted by Gasteiger charge is -2.18. The predicted molar refractivity (Wildman–Crippen MR) is 73.5 cm³/mol. The van der Waals surface area contributed by atoms with Crippen LogP contribution in [0.25, 0.3) is 0 Å². The lowest BCUT2D eigenvalue weighted by Crippen LogP contribution is -2.23. The van der Waals surface area contributed by atoms with E-state index in [4.69, 9.17) is 0 Å². The van der Waals surface area contributed by atoms with E-state index in [1.54, 1.807) is 11.3 Å². The first-order chi connectivity index (χ1) is 8.22. The molecule has 1 unspecified atom stereocenters. The standard InChI is InChI=1S/C14H18N2S/c1-4-15-14(12-6-8-17-11(12)3)13-9-10(2)5-7-16-13/h5-9,14-15H,4H2,1-3H3. The zero-order valence-corrected chi connectivity index (χ0v) is 11.3. The molecule has 17 heavy (non-hydrogen) atoms. The van der Waals surface area contributed by atoms with Crippen LogP contribution in [0.4, 0.5) is 0 Å². The fourth-order valence-electron chi connectivity index (χ4n) is 1.99. The van der Waals surface area contributed by atoms with Gasteiger partial charge in [0.1, 0.15) is 0 Å².